The number of fused-ring (bicyclic) bond motifs is 1. The van der Waals surface area contributed by atoms with E-state index in [9.17, 15) is 0 Å². The first kappa shape index (κ1) is 11.3. The Morgan fingerprint density at radius 3 is 2.71 bits per heavy atom. The smallest absolute Gasteiger partial charge is 0.224 e. The molecule has 1 aromatic heterocycles. The van der Waals surface area contributed by atoms with E-state index in [1.165, 1.54) is 19.3 Å². The van der Waals surface area contributed by atoms with Gasteiger partial charge in [0, 0.05) is 26.3 Å². The number of nitrogens with zero attached hydrogens (tertiary/aromatic N) is 3. The monoisotopic (exact) mass is 296 g/mol. The van der Waals surface area contributed by atoms with Crippen molar-refractivity contribution in [2.24, 2.45) is 11.8 Å². The Balaban J connectivity index is 1.84. The van der Waals surface area contributed by atoms with Gasteiger partial charge in [-0.05, 0) is 40.6 Å². The third-order valence-electron chi connectivity index (χ3n) is 3.98. The Morgan fingerprint density at radius 1 is 1.35 bits per heavy atom. The molecule has 1 aliphatic heterocycles. The molecule has 0 radical (unpaired) electrons. The Hall–Kier alpha value is -0.840. The summed E-state index contributed by atoms with van der Waals surface area (Å²) in [5.41, 5.74) is 0. The molecule has 0 amide bonds. The average molecular weight is 297 g/mol. The predicted octanol–water partition coefficient (Wildman–Crippen LogP) is 2.52. The molecular formula is C12H17BrN4. The molecule has 1 saturated carbocycles. The van der Waals surface area contributed by atoms with Gasteiger partial charge in [0.15, 0.2) is 0 Å². The molecule has 92 valence electrons. The van der Waals surface area contributed by atoms with Crippen LogP contribution in [0.15, 0.2) is 10.7 Å². The summed E-state index contributed by atoms with van der Waals surface area (Å²) in [4.78, 5) is 11.2. The second-order valence-corrected chi connectivity index (χ2v) is 5.83. The van der Waals surface area contributed by atoms with Crippen LogP contribution in [0.25, 0.3) is 0 Å². The van der Waals surface area contributed by atoms with E-state index in [0.29, 0.717) is 5.95 Å². The molecule has 2 heterocycles. The number of hydrogen-bond donors (Lipinski definition) is 1. The van der Waals surface area contributed by atoms with E-state index in [-0.39, 0.29) is 0 Å². The molecule has 2 aliphatic rings. The van der Waals surface area contributed by atoms with Crippen molar-refractivity contribution in [1.82, 2.24) is 9.97 Å². The fourth-order valence-corrected chi connectivity index (χ4v) is 3.55. The fraction of sp³-hybridized carbons (Fsp3) is 0.667. The van der Waals surface area contributed by atoms with Crippen molar-refractivity contribution in [2.75, 3.05) is 30.4 Å². The largest absolute Gasteiger partial charge is 0.357 e. The summed E-state index contributed by atoms with van der Waals surface area (Å²) in [7, 11) is 1.85. The Kier molecular flexibility index (Phi) is 2.94. The standard InChI is InChI=1S/C12H17BrN4/c1-14-12-15-5-10(13)11(16-12)17-6-8-3-2-4-9(8)7-17/h5,8-9H,2-4,6-7H2,1H3,(H,14,15,16). The van der Waals surface area contributed by atoms with Gasteiger partial charge in [0.25, 0.3) is 0 Å². The Labute approximate surface area is 110 Å². The Bertz CT molecular complexity index is 411. The molecular weight excluding hydrogens is 280 g/mol. The number of nitrogens with one attached hydrogen (secondary N) is 1. The molecule has 1 aliphatic carbocycles. The first-order valence-electron chi connectivity index (χ1n) is 6.23. The normalized spacial score (nSPS) is 27.3. The van der Waals surface area contributed by atoms with E-state index in [2.05, 4.69) is 36.1 Å². The first-order valence-corrected chi connectivity index (χ1v) is 7.02. The fourth-order valence-electron chi connectivity index (χ4n) is 3.11. The molecule has 0 spiro atoms. The molecule has 3 rings (SSSR count). The topological polar surface area (TPSA) is 41.1 Å². The lowest BCUT2D eigenvalue weighted by atomic mass is 10.0. The van der Waals surface area contributed by atoms with Gasteiger partial charge in [0.1, 0.15) is 5.82 Å². The van der Waals surface area contributed by atoms with Gasteiger partial charge in [-0.3, -0.25) is 0 Å². The number of anilines is 2. The summed E-state index contributed by atoms with van der Waals surface area (Å²) in [5, 5.41) is 3.00. The van der Waals surface area contributed by atoms with Crippen molar-refractivity contribution in [2.45, 2.75) is 19.3 Å². The summed E-state index contributed by atoms with van der Waals surface area (Å²) in [5.74, 6) is 3.50. The molecule has 17 heavy (non-hydrogen) atoms. The quantitative estimate of drug-likeness (QED) is 0.910. The highest BCUT2D eigenvalue weighted by Gasteiger charge is 2.37. The maximum atomic E-state index is 4.56. The van der Waals surface area contributed by atoms with Gasteiger partial charge in [-0.25, -0.2) is 4.98 Å². The summed E-state index contributed by atoms with van der Waals surface area (Å²) >= 11 is 3.56. The Morgan fingerprint density at radius 2 is 2.06 bits per heavy atom. The summed E-state index contributed by atoms with van der Waals surface area (Å²) in [6.07, 6.45) is 6.03. The van der Waals surface area contributed by atoms with Gasteiger partial charge in [-0.1, -0.05) is 6.42 Å². The summed E-state index contributed by atoms with van der Waals surface area (Å²) in [6.45, 7) is 2.31. The van der Waals surface area contributed by atoms with Crippen LogP contribution < -0.4 is 10.2 Å². The number of rotatable bonds is 2. The molecule has 4 nitrogen and oxygen atoms in total. The van der Waals surface area contributed by atoms with E-state index >= 15 is 0 Å². The zero-order valence-corrected chi connectivity index (χ0v) is 11.6. The van der Waals surface area contributed by atoms with Gasteiger partial charge < -0.3 is 10.2 Å². The van der Waals surface area contributed by atoms with Crippen molar-refractivity contribution in [1.29, 1.82) is 0 Å². The van der Waals surface area contributed by atoms with Crippen LogP contribution in [0.3, 0.4) is 0 Å². The minimum absolute atomic E-state index is 0.695. The first-order chi connectivity index (χ1) is 8.28. The predicted molar refractivity (Wildman–Crippen MR) is 72.3 cm³/mol. The molecule has 2 atom stereocenters. The van der Waals surface area contributed by atoms with Crippen molar-refractivity contribution in [3.63, 3.8) is 0 Å². The lowest BCUT2D eigenvalue weighted by molar-refractivity contribution is 0.494. The molecule has 2 unspecified atom stereocenters. The number of aromatic nitrogens is 2. The van der Waals surface area contributed by atoms with Crippen LogP contribution >= 0.6 is 15.9 Å². The molecule has 2 fully saturated rings. The van der Waals surface area contributed by atoms with E-state index in [1.54, 1.807) is 0 Å². The molecule has 1 N–H and O–H groups in total. The van der Waals surface area contributed by atoms with Crippen LogP contribution in [0.5, 0.6) is 0 Å². The van der Waals surface area contributed by atoms with Gasteiger partial charge in [0.2, 0.25) is 5.95 Å². The second kappa shape index (κ2) is 4.44. The van der Waals surface area contributed by atoms with Crippen LogP contribution in [-0.4, -0.2) is 30.1 Å². The molecule has 1 aromatic rings. The third-order valence-corrected chi connectivity index (χ3v) is 4.53. The highest BCUT2D eigenvalue weighted by molar-refractivity contribution is 9.10. The zero-order chi connectivity index (χ0) is 11.8. The van der Waals surface area contributed by atoms with Crippen LogP contribution in [0.4, 0.5) is 11.8 Å². The minimum atomic E-state index is 0.695. The van der Waals surface area contributed by atoms with Crippen LogP contribution in [-0.2, 0) is 0 Å². The van der Waals surface area contributed by atoms with Crippen molar-refractivity contribution < 1.29 is 0 Å². The molecule has 0 aromatic carbocycles. The third kappa shape index (κ3) is 2.01. The maximum Gasteiger partial charge on any atom is 0.224 e. The molecule has 0 bridgehead atoms. The van der Waals surface area contributed by atoms with Gasteiger partial charge in [-0.15, -0.1) is 0 Å². The van der Waals surface area contributed by atoms with E-state index < -0.39 is 0 Å². The van der Waals surface area contributed by atoms with Crippen LogP contribution in [0.2, 0.25) is 0 Å². The van der Waals surface area contributed by atoms with Crippen molar-refractivity contribution in [3.05, 3.63) is 10.7 Å². The van der Waals surface area contributed by atoms with Crippen LogP contribution in [0, 0.1) is 11.8 Å². The number of hydrogen-bond acceptors (Lipinski definition) is 4. The van der Waals surface area contributed by atoms with Gasteiger partial charge in [-0.2, -0.15) is 4.98 Å². The van der Waals surface area contributed by atoms with Gasteiger partial charge >= 0.3 is 0 Å². The molecule has 1 saturated heterocycles. The van der Waals surface area contributed by atoms with Gasteiger partial charge in [0.05, 0.1) is 4.47 Å². The minimum Gasteiger partial charge on any atom is -0.357 e. The maximum absolute atomic E-state index is 4.56. The van der Waals surface area contributed by atoms with E-state index in [0.717, 1.165) is 35.2 Å². The SMILES string of the molecule is CNc1ncc(Br)c(N2CC3CCCC3C2)n1. The second-order valence-electron chi connectivity index (χ2n) is 4.97. The molecule has 5 heteroatoms. The van der Waals surface area contributed by atoms with Crippen molar-refractivity contribution >= 4 is 27.7 Å². The zero-order valence-electron chi connectivity index (χ0n) is 9.99. The lowest BCUT2D eigenvalue weighted by Crippen LogP contribution is -2.22. The highest BCUT2D eigenvalue weighted by atomic mass is 79.9. The van der Waals surface area contributed by atoms with E-state index in [1.807, 2.05) is 13.2 Å². The average Bonchev–Trinajstić information content (AvgIpc) is 2.90. The number of halogens is 1. The summed E-state index contributed by atoms with van der Waals surface area (Å²) in [6, 6.07) is 0. The highest BCUT2D eigenvalue weighted by Crippen LogP contribution is 2.40. The van der Waals surface area contributed by atoms with Crippen LogP contribution in [0.1, 0.15) is 19.3 Å². The summed E-state index contributed by atoms with van der Waals surface area (Å²) < 4.78 is 0.997. The van der Waals surface area contributed by atoms with E-state index in [4.69, 9.17) is 0 Å². The lowest BCUT2D eigenvalue weighted by Gasteiger charge is -2.20. The van der Waals surface area contributed by atoms with Crippen molar-refractivity contribution in [3.8, 4) is 0 Å².